The van der Waals surface area contributed by atoms with Gasteiger partial charge in [-0.25, -0.2) is 8.78 Å². The van der Waals surface area contributed by atoms with E-state index in [2.05, 4.69) is 33.2 Å². The van der Waals surface area contributed by atoms with Crippen molar-refractivity contribution in [2.45, 2.75) is 6.04 Å². The average Bonchev–Trinajstić information content (AvgIpc) is 2.61. The topological polar surface area (TPSA) is 67.4 Å². The molecule has 0 saturated heterocycles. The molecule has 8 heteroatoms. The maximum absolute atomic E-state index is 13.4. The van der Waals surface area contributed by atoms with Crippen LogP contribution in [0.15, 0.2) is 42.5 Å². The molecule has 0 spiro atoms. The van der Waals surface area contributed by atoms with E-state index in [0.717, 1.165) is 15.7 Å². The second kappa shape index (κ2) is 8.75. The molecule has 0 aliphatic carbocycles. The lowest BCUT2D eigenvalue weighted by Crippen LogP contribution is -2.41. The molecule has 0 aliphatic heterocycles. The summed E-state index contributed by atoms with van der Waals surface area (Å²) in [7, 11) is 1.38. The fraction of sp³-hybridized carbons (Fsp3) is 0.176. The van der Waals surface area contributed by atoms with E-state index in [4.69, 9.17) is 4.74 Å². The summed E-state index contributed by atoms with van der Waals surface area (Å²) < 4.78 is 32.8. The SMILES string of the molecule is CNC(=O)C(NC(=O)COc1ccc(I)cc1)c1ccc(F)c(F)c1. The fourth-order valence-electron chi connectivity index (χ4n) is 2.02. The summed E-state index contributed by atoms with van der Waals surface area (Å²) in [6, 6.07) is 8.91. The van der Waals surface area contributed by atoms with Crippen molar-refractivity contribution in [3.8, 4) is 5.75 Å². The Hall–Kier alpha value is -2.23. The van der Waals surface area contributed by atoms with Gasteiger partial charge in [-0.05, 0) is 64.6 Å². The zero-order valence-electron chi connectivity index (χ0n) is 13.2. The molecule has 2 aromatic rings. The lowest BCUT2D eigenvalue weighted by Gasteiger charge is -2.18. The number of carbonyl (C=O) groups is 2. The zero-order valence-corrected chi connectivity index (χ0v) is 15.3. The van der Waals surface area contributed by atoms with E-state index in [-0.39, 0.29) is 12.2 Å². The van der Waals surface area contributed by atoms with Gasteiger partial charge in [0.05, 0.1) is 0 Å². The Bertz CT molecular complexity index is 769. The maximum Gasteiger partial charge on any atom is 0.258 e. The highest BCUT2D eigenvalue weighted by molar-refractivity contribution is 14.1. The van der Waals surface area contributed by atoms with Gasteiger partial charge in [0.25, 0.3) is 5.91 Å². The largest absolute Gasteiger partial charge is 0.484 e. The molecule has 1 unspecified atom stereocenters. The predicted molar refractivity (Wildman–Crippen MR) is 96.0 cm³/mol. The molecule has 132 valence electrons. The van der Waals surface area contributed by atoms with Gasteiger partial charge in [0.15, 0.2) is 18.2 Å². The van der Waals surface area contributed by atoms with E-state index < -0.39 is 29.5 Å². The van der Waals surface area contributed by atoms with Crippen LogP contribution in [0.5, 0.6) is 5.75 Å². The van der Waals surface area contributed by atoms with Gasteiger partial charge in [0.1, 0.15) is 11.8 Å². The van der Waals surface area contributed by atoms with Crippen LogP contribution in [0.1, 0.15) is 11.6 Å². The van der Waals surface area contributed by atoms with Gasteiger partial charge in [0, 0.05) is 10.6 Å². The number of nitrogens with one attached hydrogen (secondary N) is 2. The van der Waals surface area contributed by atoms with Crippen molar-refractivity contribution in [1.82, 2.24) is 10.6 Å². The Kier molecular flexibility index (Phi) is 6.68. The van der Waals surface area contributed by atoms with Gasteiger partial charge in [-0.3, -0.25) is 9.59 Å². The van der Waals surface area contributed by atoms with Crippen LogP contribution in [0, 0.1) is 15.2 Å². The Morgan fingerprint density at radius 3 is 2.40 bits per heavy atom. The van der Waals surface area contributed by atoms with Crippen molar-refractivity contribution in [3.05, 3.63) is 63.2 Å². The van der Waals surface area contributed by atoms with Crippen molar-refractivity contribution < 1.29 is 23.1 Å². The minimum atomic E-state index is -1.16. The molecular weight excluding hydrogens is 445 g/mol. The molecule has 0 heterocycles. The number of hydrogen-bond acceptors (Lipinski definition) is 3. The number of amides is 2. The summed E-state index contributed by atoms with van der Waals surface area (Å²) >= 11 is 2.14. The molecule has 2 aromatic carbocycles. The van der Waals surface area contributed by atoms with Crippen LogP contribution in [-0.2, 0) is 9.59 Å². The highest BCUT2D eigenvalue weighted by Gasteiger charge is 2.23. The van der Waals surface area contributed by atoms with E-state index in [1.807, 2.05) is 12.1 Å². The van der Waals surface area contributed by atoms with E-state index in [1.54, 1.807) is 12.1 Å². The number of hydrogen-bond donors (Lipinski definition) is 2. The van der Waals surface area contributed by atoms with Gasteiger partial charge in [0.2, 0.25) is 5.91 Å². The van der Waals surface area contributed by atoms with E-state index in [0.29, 0.717) is 5.75 Å². The molecule has 2 amide bonds. The molecule has 5 nitrogen and oxygen atoms in total. The van der Waals surface area contributed by atoms with Crippen LogP contribution in [0.3, 0.4) is 0 Å². The summed E-state index contributed by atoms with van der Waals surface area (Å²) in [4.78, 5) is 24.0. The van der Waals surface area contributed by atoms with Gasteiger partial charge in [-0.1, -0.05) is 6.07 Å². The van der Waals surface area contributed by atoms with Crippen LogP contribution < -0.4 is 15.4 Å². The van der Waals surface area contributed by atoms with Crippen LogP contribution in [-0.4, -0.2) is 25.5 Å². The fourth-order valence-corrected chi connectivity index (χ4v) is 2.38. The molecule has 0 aliphatic rings. The lowest BCUT2D eigenvalue weighted by molar-refractivity contribution is -0.129. The van der Waals surface area contributed by atoms with Crippen LogP contribution in [0.4, 0.5) is 8.78 Å². The third kappa shape index (κ3) is 5.38. The molecule has 2 rings (SSSR count). The molecule has 25 heavy (non-hydrogen) atoms. The monoisotopic (exact) mass is 460 g/mol. The van der Waals surface area contributed by atoms with Crippen molar-refractivity contribution in [2.24, 2.45) is 0 Å². The first kappa shape index (κ1) is 19.1. The predicted octanol–water partition coefficient (Wildman–Crippen LogP) is 2.55. The highest BCUT2D eigenvalue weighted by atomic mass is 127. The van der Waals surface area contributed by atoms with Gasteiger partial charge >= 0.3 is 0 Å². The molecule has 0 bridgehead atoms. The molecular formula is C17H15F2IN2O3. The number of likely N-dealkylation sites (N-methyl/N-ethyl adjacent to an activating group) is 1. The quantitative estimate of drug-likeness (QED) is 0.652. The maximum atomic E-state index is 13.4. The van der Waals surface area contributed by atoms with Gasteiger partial charge < -0.3 is 15.4 Å². The smallest absolute Gasteiger partial charge is 0.258 e. The number of carbonyl (C=O) groups excluding carboxylic acids is 2. The standard InChI is InChI=1S/C17H15F2IN2O3/c1-21-17(24)16(10-2-7-13(18)14(19)8-10)22-15(23)9-25-12-5-3-11(20)4-6-12/h2-8,16H,9H2,1H3,(H,21,24)(H,22,23). The number of halogens is 3. The first-order valence-electron chi connectivity index (χ1n) is 7.25. The van der Waals surface area contributed by atoms with E-state index in [9.17, 15) is 18.4 Å². The second-order valence-corrected chi connectivity index (χ2v) is 6.28. The number of rotatable bonds is 6. The minimum absolute atomic E-state index is 0.126. The van der Waals surface area contributed by atoms with Crippen LogP contribution in [0.25, 0.3) is 0 Å². The Morgan fingerprint density at radius 2 is 1.80 bits per heavy atom. The summed E-state index contributed by atoms with van der Waals surface area (Å²) in [6.07, 6.45) is 0. The molecule has 0 fully saturated rings. The lowest BCUT2D eigenvalue weighted by atomic mass is 10.1. The van der Waals surface area contributed by atoms with Crippen LogP contribution >= 0.6 is 22.6 Å². The molecule has 2 N–H and O–H groups in total. The van der Waals surface area contributed by atoms with Crippen molar-refractivity contribution in [2.75, 3.05) is 13.7 Å². The normalized spacial score (nSPS) is 11.5. The molecule has 0 radical (unpaired) electrons. The summed E-state index contributed by atoms with van der Waals surface area (Å²) in [5, 5.41) is 4.82. The first-order valence-corrected chi connectivity index (χ1v) is 8.33. The summed E-state index contributed by atoms with van der Waals surface area (Å²) in [6.45, 7) is -0.322. The summed E-state index contributed by atoms with van der Waals surface area (Å²) in [5.74, 6) is -2.77. The zero-order chi connectivity index (χ0) is 18.4. The van der Waals surface area contributed by atoms with E-state index >= 15 is 0 Å². The molecule has 1 atom stereocenters. The van der Waals surface area contributed by atoms with Crippen molar-refractivity contribution in [3.63, 3.8) is 0 Å². The number of ether oxygens (including phenoxy) is 1. The van der Waals surface area contributed by atoms with Gasteiger partial charge in [-0.2, -0.15) is 0 Å². The number of benzene rings is 2. The summed E-state index contributed by atoms with van der Waals surface area (Å²) in [5.41, 5.74) is 0.126. The molecule has 0 saturated carbocycles. The third-order valence-corrected chi connectivity index (χ3v) is 3.99. The molecule has 0 aromatic heterocycles. The van der Waals surface area contributed by atoms with Crippen molar-refractivity contribution in [1.29, 1.82) is 0 Å². The Labute approximate surface area is 156 Å². The second-order valence-electron chi connectivity index (χ2n) is 5.03. The van der Waals surface area contributed by atoms with E-state index in [1.165, 1.54) is 13.1 Å². The Morgan fingerprint density at radius 1 is 1.12 bits per heavy atom. The van der Waals surface area contributed by atoms with Crippen molar-refractivity contribution >= 4 is 34.4 Å². The highest BCUT2D eigenvalue weighted by Crippen LogP contribution is 2.17. The third-order valence-electron chi connectivity index (χ3n) is 3.27. The minimum Gasteiger partial charge on any atom is -0.484 e. The van der Waals surface area contributed by atoms with Crippen LogP contribution in [0.2, 0.25) is 0 Å². The first-order chi connectivity index (χ1) is 11.9. The average molecular weight is 460 g/mol. The van der Waals surface area contributed by atoms with Gasteiger partial charge in [-0.15, -0.1) is 0 Å². The Balaban J connectivity index is 2.05.